The highest BCUT2D eigenvalue weighted by Gasteiger charge is 2.13. The first kappa shape index (κ1) is 20.0. The maximum atomic E-state index is 10.1. The number of anilines is 1. The molecule has 0 saturated carbocycles. The van der Waals surface area contributed by atoms with Crippen LogP contribution >= 0.6 is 0 Å². The van der Waals surface area contributed by atoms with Crippen LogP contribution in [-0.2, 0) is 0 Å². The largest absolute Gasteiger partial charge is 0.507 e. The zero-order valence-corrected chi connectivity index (χ0v) is 16.9. The third-order valence-electron chi connectivity index (χ3n) is 4.46. The molecule has 0 amide bonds. The summed E-state index contributed by atoms with van der Waals surface area (Å²) in [6.45, 7) is 2.42. The van der Waals surface area contributed by atoms with E-state index in [0.29, 0.717) is 29.3 Å². The van der Waals surface area contributed by atoms with Crippen LogP contribution in [0.5, 0.6) is 11.5 Å². The first-order valence-electron chi connectivity index (χ1n) is 9.85. The van der Waals surface area contributed by atoms with Gasteiger partial charge in [0, 0.05) is 22.8 Å². The Morgan fingerprint density at radius 3 is 2.23 bits per heavy atom. The van der Waals surface area contributed by atoms with Crippen LogP contribution in [0, 0.1) is 0 Å². The molecule has 0 saturated heterocycles. The van der Waals surface area contributed by atoms with Crippen LogP contribution in [-0.4, -0.2) is 33.1 Å². The predicted octanol–water partition coefficient (Wildman–Crippen LogP) is 4.76. The van der Waals surface area contributed by atoms with Crippen LogP contribution in [0.1, 0.15) is 12.5 Å². The van der Waals surface area contributed by atoms with E-state index >= 15 is 0 Å². The van der Waals surface area contributed by atoms with Crippen molar-refractivity contribution >= 4 is 12.2 Å². The highest BCUT2D eigenvalue weighted by Crippen LogP contribution is 2.28. The fourth-order valence-corrected chi connectivity index (χ4v) is 3.01. The van der Waals surface area contributed by atoms with Crippen molar-refractivity contribution in [3.05, 3.63) is 84.4 Å². The Morgan fingerprint density at radius 2 is 1.58 bits per heavy atom. The van der Waals surface area contributed by atoms with Crippen molar-refractivity contribution in [2.45, 2.75) is 6.92 Å². The Hall–Kier alpha value is -4.26. The number of aromatic hydroxyl groups is 1. The molecule has 0 radical (unpaired) electrons. The number of nitrogens with zero attached hydrogens (tertiary/aromatic N) is 4. The van der Waals surface area contributed by atoms with Gasteiger partial charge in [-0.15, -0.1) is 10.2 Å². The van der Waals surface area contributed by atoms with Crippen LogP contribution in [0.4, 0.5) is 5.95 Å². The van der Waals surface area contributed by atoms with Crippen molar-refractivity contribution in [2.24, 2.45) is 5.10 Å². The van der Waals surface area contributed by atoms with Gasteiger partial charge < -0.3 is 9.84 Å². The maximum absolute atomic E-state index is 10.1. The fourth-order valence-electron chi connectivity index (χ4n) is 3.01. The molecule has 31 heavy (non-hydrogen) atoms. The molecule has 0 aliphatic carbocycles. The van der Waals surface area contributed by atoms with Crippen molar-refractivity contribution < 1.29 is 9.84 Å². The van der Waals surface area contributed by atoms with Gasteiger partial charge >= 0.3 is 0 Å². The van der Waals surface area contributed by atoms with E-state index in [0.717, 1.165) is 11.1 Å². The van der Waals surface area contributed by atoms with Gasteiger partial charge in [-0.3, -0.25) is 0 Å². The number of hydrogen-bond acceptors (Lipinski definition) is 7. The summed E-state index contributed by atoms with van der Waals surface area (Å²) in [6, 6.07) is 24.6. The monoisotopic (exact) mass is 411 g/mol. The molecular weight excluding hydrogens is 390 g/mol. The smallest absolute Gasteiger partial charge is 0.263 e. The molecule has 0 aliphatic rings. The summed E-state index contributed by atoms with van der Waals surface area (Å²) < 4.78 is 5.37. The van der Waals surface area contributed by atoms with E-state index < -0.39 is 0 Å². The third kappa shape index (κ3) is 4.84. The van der Waals surface area contributed by atoms with Gasteiger partial charge in [-0.05, 0) is 19.1 Å². The summed E-state index contributed by atoms with van der Waals surface area (Å²) in [6.07, 6.45) is 1.49. The predicted molar refractivity (Wildman–Crippen MR) is 121 cm³/mol. The average molecular weight is 411 g/mol. The molecule has 0 atom stereocenters. The molecule has 3 aromatic carbocycles. The van der Waals surface area contributed by atoms with Gasteiger partial charge in [0.2, 0.25) is 0 Å². The molecular formula is C24H21N5O2. The molecule has 0 aliphatic heterocycles. The van der Waals surface area contributed by atoms with E-state index in [1.807, 2.05) is 67.6 Å². The number of phenols is 1. The number of hydrogen-bond donors (Lipinski definition) is 2. The highest BCUT2D eigenvalue weighted by molar-refractivity contribution is 5.84. The van der Waals surface area contributed by atoms with Crippen LogP contribution in [0.2, 0.25) is 0 Å². The molecule has 4 aromatic rings. The molecule has 0 unspecified atom stereocenters. The van der Waals surface area contributed by atoms with Crippen molar-refractivity contribution in [3.8, 4) is 34.0 Å². The van der Waals surface area contributed by atoms with Gasteiger partial charge in [0.25, 0.3) is 5.95 Å². The summed E-state index contributed by atoms with van der Waals surface area (Å²) in [7, 11) is 0. The number of rotatable bonds is 7. The quantitative estimate of drug-likeness (QED) is 0.337. The minimum absolute atomic E-state index is 0.0694. The van der Waals surface area contributed by atoms with Crippen molar-refractivity contribution in [2.75, 3.05) is 12.0 Å². The number of nitrogens with one attached hydrogen (secondary N) is 1. The number of phenolic OH excluding ortho intramolecular Hbond substituents is 1. The second kappa shape index (κ2) is 9.49. The van der Waals surface area contributed by atoms with E-state index in [1.165, 1.54) is 6.21 Å². The van der Waals surface area contributed by atoms with Gasteiger partial charge in [-0.25, -0.2) is 10.4 Å². The number of benzene rings is 3. The standard InChI is InChI=1S/C24H21N5O2/c1-2-31-20-14-13-19(21(30)15-20)16-25-28-24-26-22(17-9-5-3-6-10-17)23(27-29-24)18-11-7-4-8-12-18/h3-16,30H,2H2,1H3,(H,26,28,29)/b25-16-. The molecule has 1 heterocycles. The first-order valence-corrected chi connectivity index (χ1v) is 9.85. The third-order valence-corrected chi connectivity index (χ3v) is 4.46. The maximum Gasteiger partial charge on any atom is 0.263 e. The number of ether oxygens (including phenoxy) is 1. The lowest BCUT2D eigenvalue weighted by Crippen LogP contribution is -2.03. The topological polar surface area (TPSA) is 92.5 Å². The Bertz CT molecular complexity index is 1180. The van der Waals surface area contributed by atoms with E-state index in [2.05, 4.69) is 25.7 Å². The summed E-state index contributed by atoms with van der Waals surface area (Å²) in [5.74, 6) is 0.918. The summed E-state index contributed by atoms with van der Waals surface area (Å²) >= 11 is 0. The molecule has 7 heteroatoms. The molecule has 0 bridgehead atoms. The zero-order valence-electron chi connectivity index (χ0n) is 16.9. The Balaban J connectivity index is 1.60. The SMILES string of the molecule is CCOc1ccc(/C=N\Nc2nnc(-c3ccccc3)c(-c3ccccc3)n2)c(O)c1. The molecule has 7 nitrogen and oxygen atoms in total. The molecule has 0 fully saturated rings. The van der Waals surface area contributed by atoms with E-state index in [-0.39, 0.29) is 11.7 Å². The normalized spacial score (nSPS) is 10.9. The van der Waals surface area contributed by atoms with Gasteiger partial charge in [0.1, 0.15) is 22.9 Å². The van der Waals surface area contributed by atoms with Crippen LogP contribution in [0.3, 0.4) is 0 Å². The van der Waals surface area contributed by atoms with E-state index in [4.69, 9.17) is 4.74 Å². The van der Waals surface area contributed by atoms with Gasteiger partial charge in [0.05, 0.1) is 12.8 Å². The lowest BCUT2D eigenvalue weighted by molar-refractivity contribution is 0.337. The number of hydrazone groups is 1. The lowest BCUT2D eigenvalue weighted by Gasteiger charge is -2.09. The minimum Gasteiger partial charge on any atom is -0.507 e. The average Bonchev–Trinajstić information content (AvgIpc) is 2.82. The molecule has 2 N–H and O–H groups in total. The first-order chi connectivity index (χ1) is 15.2. The van der Waals surface area contributed by atoms with E-state index in [9.17, 15) is 5.11 Å². The summed E-state index contributed by atoms with van der Waals surface area (Å²) in [4.78, 5) is 4.63. The second-order valence-corrected chi connectivity index (χ2v) is 6.59. The fraction of sp³-hybridized carbons (Fsp3) is 0.0833. The van der Waals surface area contributed by atoms with Crippen molar-refractivity contribution in [3.63, 3.8) is 0 Å². The molecule has 4 rings (SSSR count). The Labute approximate surface area is 180 Å². The summed E-state index contributed by atoms with van der Waals surface area (Å²) in [5.41, 5.74) is 6.56. The van der Waals surface area contributed by atoms with Crippen molar-refractivity contribution in [1.82, 2.24) is 15.2 Å². The number of aromatic nitrogens is 3. The molecule has 0 spiro atoms. The Kier molecular flexibility index (Phi) is 6.13. The van der Waals surface area contributed by atoms with Gasteiger partial charge in [0.15, 0.2) is 0 Å². The minimum atomic E-state index is 0.0694. The van der Waals surface area contributed by atoms with E-state index in [1.54, 1.807) is 18.2 Å². The second-order valence-electron chi connectivity index (χ2n) is 6.59. The van der Waals surface area contributed by atoms with Gasteiger partial charge in [-0.1, -0.05) is 60.7 Å². The zero-order chi connectivity index (χ0) is 21.5. The highest BCUT2D eigenvalue weighted by atomic mass is 16.5. The molecule has 1 aromatic heterocycles. The van der Waals surface area contributed by atoms with Crippen molar-refractivity contribution in [1.29, 1.82) is 0 Å². The molecule has 154 valence electrons. The Morgan fingerprint density at radius 1 is 0.903 bits per heavy atom. The van der Waals surface area contributed by atoms with Crippen LogP contribution in [0.15, 0.2) is 84.0 Å². The summed E-state index contributed by atoms with van der Waals surface area (Å²) in [5, 5.41) is 22.8. The lowest BCUT2D eigenvalue weighted by atomic mass is 10.0. The van der Waals surface area contributed by atoms with Gasteiger partial charge in [-0.2, -0.15) is 5.10 Å². The van der Waals surface area contributed by atoms with Crippen LogP contribution in [0.25, 0.3) is 22.5 Å². The van der Waals surface area contributed by atoms with Crippen LogP contribution < -0.4 is 10.2 Å².